The Morgan fingerprint density at radius 2 is 2.16 bits per heavy atom. The van der Waals surface area contributed by atoms with Gasteiger partial charge in [0.2, 0.25) is 0 Å². The molecule has 4 nitrogen and oxygen atoms in total. The average molecular weight is 404 g/mol. The van der Waals surface area contributed by atoms with Crippen LogP contribution in [0.4, 0.5) is 0 Å². The lowest BCUT2D eigenvalue weighted by Gasteiger charge is -2.38. The molecule has 3 atom stereocenters. The molecule has 0 spiro atoms. The Bertz CT molecular complexity index is 239. The number of halogens is 1. The van der Waals surface area contributed by atoms with Crippen molar-refractivity contribution in [2.45, 2.75) is 63.3 Å². The molecule has 0 aromatic heterocycles. The van der Waals surface area contributed by atoms with E-state index in [0.29, 0.717) is 32.3 Å². The standard InChI is InChI=1S/C13H25IO4S/c1-3-5-9-13(16,12(4-2)18-19)11(15)8-6-7-10-17-14/h3,11-12,15-16,19H,1,4-10H2,2H3/t11?,12?,13-/m1/s1. The lowest BCUT2D eigenvalue weighted by atomic mass is 9.82. The Balaban J connectivity index is 4.56. The second kappa shape index (κ2) is 11.3. The molecule has 0 aromatic rings. The molecule has 19 heavy (non-hydrogen) atoms. The Morgan fingerprint density at radius 3 is 2.63 bits per heavy atom. The van der Waals surface area contributed by atoms with Crippen LogP contribution >= 0.6 is 35.9 Å². The second-order valence-corrected chi connectivity index (χ2v) is 5.48. The van der Waals surface area contributed by atoms with E-state index >= 15 is 0 Å². The molecule has 114 valence electrons. The van der Waals surface area contributed by atoms with Crippen LogP contribution in [-0.2, 0) is 7.25 Å². The van der Waals surface area contributed by atoms with Crippen molar-refractivity contribution in [1.82, 2.24) is 0 Å². The van der Waals surface area contributed by atoms with Gasteiger partial charge in [-0.05, 0) is 51.4 Å². The molecule has 0 aliphatic rings. The molecule has 0 heterocycles. The monoisotopic (exact) mass is 404 g/mol. The maximum absolute atomic E-state index is 10.7. The van der Waals surface area contributed by atoms with Crippen LogP contribution in [0.15, 0.2) is 12.7 Å². The van der Waals surface area contributed by atoms with Crippen LogP contribution in [0.1, 0.15) is 45.4 Å². The molecule has 2 N–H and O–H groups in total. The van der Waals surface area contributed by atoms with Gasteiger partial charge in [-0.2, -0.15) is 0 Å². The third-order valence-electron chi connectivity index (χ3n) is 3.33. The maximum Gasteiger partial charge on any atom is 0.118 e. The third-order valence-corrected chi connectivity index (χ3v) is 4.03. The van der Waals surface area contributed by atoms with Gasteiger partial charge in [0.05, 0.1) is 12.7 Å². The topological polar surface area (TPSA) is 58.9 Å². The average Bonchev–Trinajstić information content (AvgIpc) is 2.42. The molecule has 0 aliphatic heterocycles. The molecule has 0 saturated heterocycles. The van der Waals surface area contributed by atoms with Crippen molar-refractivity contribution in [3.05, 3.63) is 12.7 Å². The second-order valence-electron chi connectivity index (χ2n) is 4.65. The van der Waals surface area contributed by atoms with Crippen molar-refractivity contribution in [3.8, 4) is 0 Å². The predicted molar refractivity (Wildman–Crippen MR) is 88.4 cm³/mol. The summed E-state index contributed by atoms with van der Waals surface area (Å²) in [6, 6.07) is 0. The van der Waals surface area contributed by atoms with Gasteiger partial charge in [-0.3, -0.25) is 0 Å². The summed E-state index contributed by atoms with van der Waals surface area (Å²) in [6.45, 7) is 6.20. The van der Waals surface area contributed by atoms with Gasteiger partial charge in [0, 0.05) is 0 Å². The first kappa shape index (κ1) is 19.7. The summed E-state index contributed by atoms with van der Waals surface area (Å²) >= 11 is 5.66. The van der Waals surface area contributed by atoms with Gasteiger partial charge in [0.1, 0.15) is 34.7 Å². The molecule has 0 amide bonds. The summed E-state index contributed by atoms with van der Waals surface area (Å²) in [4.78, 5) is 0. The number of aliphatic hydroxyl groups excluding tert-OH is 1. The minimum Gasteiger partial charge on any atom is -0.390 e. The number of rotatable bonds is 12. The summed E-state index contributed by atoms with van der Waals surface area (Å²) in [6.07, 6.45) is 4.20. The van der Waals surface area contributed by atoms with Gasteiger partial charge in [0.25, 0.3) is 0 Å². The maximum atomic E-state index is 10.7. The van der Waals surface area contributed by atoms with Gasteiger partial charge in [-0.15, -0.1) is 6.58 Å². The highest BCUT2D eigenvalue weighted by Crippen LogP contribution is 2.30. The summed E-state index contributed by atoms with van der Waals surface area (Å²) in [5.74, 6) is 0. The lowest BCUT2D eigenvalue weighted by molar-refractivity contribution is -0.140. The van der Waals surface area contributed by atoms with Gasteiger partial charge in [-0.1, -0.05) is 13.0 Å². The Labute approximate surface area is 135 Å². The lowest BCUT2D eigenvalue weighted by Crippen LogP contribution is -2.52. The van der Waals surface area contributed by atoms with E-state index in [0.717, 1.165) is 12.8 Å². The van der Waals surface area contributed by atoms with E-state index in [2.05, 4.69) is 19.5 Å². The zero-order valence-corrected chi connectivity index (χ0v) is 14.5. The minimum atomic E-state index is -1.28. The molecule has 6 heteroatoms. The number of hydrogen-bond acceptors (Lipinski definition) is 5. The van der Waals surface area contributed by atoms with Crippen molar-refractivity contribution in [3.63, 3.8) is 0 Å². The van der Waals surface area contributed by atoms with Crippen molar-refractivity contribution >= 4 is 35.9 Å². The van der Waals surface area contributed by atoms with Crippen LogP contribution in [0.25, 0.3) is 0 Å². The Hall–Kier alpha value is 0.660. The van der Waals surface area contributed by atoms with Crippen LogP contribution < -0.4 is 0 Å². The smallest absolute Gasteiger partial charge is 0.118 e. The highest BCUT2D eigenvalue weighted by atomic mass is 127. The van der Waals surface area contributed by atoms with E-state index in [4.69, 9.17) is 7.25 Å². The number of aliphatic hydroxyl groups is 2. The van der Waals surface area contributed by atoms with Crippen LogP contribution in [-0.4, -0.2) is 34.6 Å². The van der Waals surface area contributed by atoms with Crippen LogP contribution in [0, 0.1) is 0 Å². The molecule has 0 aliphatic carbocycles. The number of unbranched alkanes of at least 4 members (excludes halogenated alkanes) is 1. The Kier molecular flexibility index (Phi) is 11.7. The summed E-state index contributed by atoms with van der Waals surface area (Å²) in [5.41, 5.74) is -1.28. The highest BCUT2D eigenvalue weighted by molar-refractivity contribution is 14.1. The molecule has 0 fully saturated rings. The zero-order valence-electron chi connectivity index (χ0n) is 11.4. The number of hydrogen-bond donors (Lipinski definition) is 3. The first-order chi connectivity index (χ1) is 9.06. The van der Waals surface area contributed by atoms with Crippen molar-refractivity contribution in [2.24, 2.45) is 0 Å². The van der Waals surface area contributed by atoms with Gasteiger partial charge in [-0.25, -0.2) is 0 Å². The number of allylic oxidation sites excluding steroid dienone is 1. The van der Waals surface area contributed by atoms with E-state index in [1.54, 1.807) is 6.08 Å². The van der Waals surface area contributed by atoms with E-state index in [1.807, 2.05) is 29.9 Å². The molecule has 0 aromatic carbocycles. The molecule has 0 radical (unpaired) electrons. The van der Waals surface area contributed by atoms with Gasteiger partial charge in [0.15, 0.2) is 0 Å². The predicted octanol–water partition coefficient (Wildman–Crippen LogP) is 3.22. The van der Waals surface area contributed by atoms with Crippen LogP contribution in [0.2, 0.25) is 0 Å². The fourth-order valence-corrected chi connectivity index (χ4v) is 2.78. The van der Waals surface area contributed by atoms with E-state index in [9.17, 15) is 10.2 Å². The van der Waals surface area contributed by atoms with Crippen LogP contribution in [0.5, 0.6) is 0 Å². The first-order valence-corrected chi connectivity index (χ1v) is 7.86. The van der Waals surface area contributed by atoms with Crippen molar-refractivity contribution in [2.75, 3.05) is 6.61 Å². The molecule has 0 bridgehead atoms. The molecule has 0 rings (SSSR count). The zero-order chi connectivity index (χ0) is 14.7. The minimum absolute atomic E-state index is 0.416. The number of thiol groups is 1. The van der Waals surface area contributed by atoms with Crippen LogP contribution in [0.3, 0.4) is 0 Å². The summed E-state index contributed by atoms with van der Waals surface area (Å²) < 4.78 is 9.97. The third kappa shape index (κ3) is 6.77. The van der Waals surface area contributed by atoms with Crippen molar-refractivity contribution in [1.29, 1.82) is 0 Å². The van der Waals surface area contributed by atoms with Crippen molar-refractivity contribution < 1.29 is 17.5 Å². The quantitative estimate of drug-likeness (QED) is 0.154. The van der Waals surface area contributed by atoms with E-state index in [1.165, 1.54) is 0 Å². The van der Waals surface area contributed by atoms with E-state index in [-0.39, 0.29) is 0 Å². The fourth-order valence-electron chi connectivity index (χ4n) is 2.14. The largest absolute Gasteiger partial charge is 0.390 e. The summed E-state index contributed by atoms with van der Waals surface area (Å²) in [7, 11) is 0. The first-order valence-electron chi connectivity index (χ1n) is 6.61. The molecule has 2 unspecified atom stereocenters. The van der Waals surface area contributed by atoms with E-state index < -0.39 is 17.8 Å². The highest BCUT2D eigenvalue weighted by Gasteiger charge is 2.42. The normalized spacial score (nSPS) is 17.7. The SMILES string of the molecule is C=CCC[C@@](O)(C(O)CCCCOI)C(CC)OS. The van der Waals surface area contributed by atoms with Gasteiger partial charge < -0.3 is 17.5 Å². The molecular formula is C13H25IO4S. The molecule has 0 saturated carbocycles. The fraction of sp³-hybridized carbons (Fsp3) is 0.846. The molecular weight excluding hydrogens is 379 g/mol. The Morgan fingerprint density at radius 1 is 1.47 bits per heavy atom. The van der Waals surface area contributed by atoms with Gasteiger partial charge >= 0.3 is 0 Å². The summed E-state index contributed by atoms with van der Waals surface area (Å²) in [5, 5.41) is 21.0.